The van der Waals surface area contributed by atoms with Crippen LogP contribution < -0.4 is 5.32 Å². The van der Waals surface area contributed by atoms with Crippen LogP contribution in [0.15, 0.2) is 36.4 Å². The zero-order valence-electron chi connectivity index (χ0n) is 16.9. The smallest absolute Gasteiger partial charge is 0.261 e. The average molecular weight is 406 g/mol. The van der Waals surface area contributed by atoms with Crippen LogP contribution in [0, 0.1) is 6.92 Å². The average Bonchev–Trinajstić information content (AvgIpc) is 3.22. The maximum Gasteiger partial charge on any atom is 0.261 e. The van der Waals surface area contributed by atoms with Crippen molar-refractivity contribution in [1.29, 1.82) is 0 Å². The number of amides is 1. The van der Waals surface area contributed by atoms with Gasteiger partial charge < -0.3 is 5.32 Å². The first-order valence-corrected chi connectivity index (χ1v) is 11.6. The summed E-state index contributed by atoms with van der Waals surface area (Å²) in [4.78, 5) is 15.0. The highest BCUT2D eigenvalue weighted by molar-refractivity contribution is 7.17. The molecule has 2 aromatic heterocycles. The van der Waals surface area contributed by atoms with Gasteiger partial charge in [0.25, 0.3) is 5.91 Å². The van der Waals surface area contributed by atoms with E-state index in [1.807, 2.05) is 18.2 Å². The first-order valence-electron chi connectivity index (χ1n) is 10.8. The first kappa shape index (κ1) is 18.6. The number of nitrogens with zero attached hydrogens (tertiary/aromatic N) is 2. The molecule has 0 saturated heterocycles. The Labute approximate surface area is 176 Å². The van der Waals surface area contributed by atoms with E-state index in [0.717, 1.165) is 41.9 Å². The Kier molecular flexibility index (Phi) is 5.00. The lowest BCUT2D eigenvalue weighted by Crippen LogP contribution is -2.33. The van der Waals surface area contributed by atoms with Gasteiger partial charge in [0.15, 0.2) is 0 Å². The molecule has 0 aliphatic heterocycles. The van der Waals surface area contributed by atoms with E-state index in [0.29, 0.717) is 6.04 Å². The number of hydrogen-bond donors (Lipinski definition) is 1. The fraction of sp³-hybridized carbons (Fsp3) is 0.417. The fourth-order valence-electron chi connectivity index (χ4n) is 4.76. The Morgan fingerprint density at radius 2 is 1.86 bits per heavy atom. The van der Waals surface area contributed by atoms with Crippen LogP contribution in [0.5, 0.6) is 0 Å². The quantitative estimate of drug-likeness (QED) is 0.588. The predicted octanol–water partition coefficient (Wildman–Crippen LogP) is 5.46. The third-order valence-corrected chi connectivity index (χ3v) is 7.43. The highest BCUT2D eigenvalue weighted by atomic mass is 32.1. The van der Waals surface area contributed by atoms with E-state index in [-0.39, 0.29) is 5.91 Å². The summed E-state index contributed by atoms with van der Waals surface area (Å²) in [6.07, 6.45) is 9.21. The molecule has 1 aromatic carbocycles. The van der Waals surface area contributed by atoms with Gasteiger partial charge in [-0.15, -0.1) is 11.3 Å². The molecule has 29 heavy (non-hydrogen) atoms. The zero-order valence-corrected chi connectivity index (χ0v) is 17.7. The summed E-state index contributed by atoms with van der Waals surface area (Å²) < 4.78 is 2.08. The lowest BCUT2D eigenvalue weighted by atomic mass is 9.95. The molecular weight excluding hydrogens is 378 g/mol. The van der Waals surface area contributed by atoms with Crippen molar-refractivity contribution in [3.63, 3.8) is 0 Å². The Morgan fingerprint density at radius 1 is 1.10 bits per heavy atom. The Bertz CT molecular complexity index is 1030. The van der Waals surface area contributed by atoms with Crippen molar-refractivity contribution < 1.29 is 4.79 Å². The molecule has 2 aliphatic rings. The number of para-hydroxylation sites is 1. The van der Waals surface area contributed by atoms with Gasteiger partial charge in [0.1, 0.15) is 0 Å². The van der Waals surface area contributed by atoms with Crippen molar-refractivity contribution in [2.24, 2.45) is 0 Å². The van der Waals surface area contributed by atoms with Crippen molar-refractivity contribution in [3.8, 4) is 16.1 Å². The van der Waals surface area contributed by atoms with Crippen molar-refractivity contribution in [2.75, 3.05) is 0 Å². The van der Waals surface area contributed by atoms with Gasteiger partial charge in [-0.1, -0.05) is 43.9 Å². The summed E-state index contributed by atoms with van der Waals surface area (Å²) in [6, 6.07) is 12.8. The third kappa shape index (κ3) is 3.52. The van der Waals surface area contributed by atoms with E-state index in [2.05, 4.69) is 35.1 Å². The third-order valence-electron chi connectivity index (χ3n) is 6.24. The molecule has 0 bridgehead atoms. The number of fused-ring (bicyclic) bond motifs is 3. The predicted molar refractivity (Wildman–Crippen MR) is 118 cm³/mol. The number of carbonyl (C=O) groups is 1. The lowest BCUT2D eigenvalue weighted by Gasteiger charge is -2.15. The first-order chi connectivity index (χ1) is 14.2. The van der Waals surface area contributed by atoms with Gasteiger partial charge in [0.05, 0.1) is 22.0 Å². The molecule has 2 aliphatic carbocycles. The van der Waals surface area contributed by atoms with E-state index in [4.69, 9.17) is 5.10 Å². The van der Waals surface area contributed by atoms with E-state index in [9.17, 15) is 4.79 Å². The molecule has 0 unspecified atom stereocenters. The molecule has 1 saturated carbocycles. The van der Waals surface area contributed by atoms with Gasteiger partial charge in [0, 0.05) is 16.5 Å². The normalized spacial score (nSPS) is 16.7. The molecule has 3 aromatic rings. The Morgan fingerprint density at radius 3 is 2.62 bits per heavy atom. The molecule has 5 heteroatoms. The molecule has 0 spiro atoms. The number of rotatable bonds is 3. The summed E-state index contributed by atoms with van der Waals surface area (Å²) in [6.45, 7) is 2.08. The number of nitrogens with one attached hydrogen (secondary N) is 1. The maximum absolute atomic E-state index is 12.9. The summed E-state index contributed by atoms with van der Waals surface area (Å²) in [7, 11) is 0. The van der Waals surface area contributed by atoms with Crippen LogP contribution in [0.2, 0.25) is 0 Å². The Balaban J connectivity index is 1.45. The minimum absolute atomic E-state index is 0.103. The molecule has 0 radical (unpaired) electrons. The van der Waals surface area contributed by atoms with Crippen LogP contribution in [0.1, 0.15) is 65.1 Å². The molecule has 150 valence electrons. The largest absolute Gasteiger partial charge is 0.349 e. The molecule has 1 N–H and O–H groups in total. The Hall–Kier alpha value is -2.40. The standard InChI is InChI=1S/C24H27N3OS/c1-16-22-20(27(26-16)19-11-7-4-8-12-19)14-13-17-15-21(29-23(17)22)24(28)25-18-9-5-2-3-6-10-18/h4,7-8,11-12,15,18H,2-3,5-6,9-10,13-14H2,1H3,(H,25,28). The number of carbonyl (C=O) groups excluding carboxylic acids is 1. The lowest BCUT2D eigenvalue weighted by molar-refractivity contribution is 0.0937. The number of aromatic nitrogens is 2. The summed E-state index contributed by atoms with van der Waals surface area (Å²) in [5.74, 6) is 0.103. The van der Waals surface area contributed by atoms with Gasteiger partial charge in [-0.25, -0.2) is 4.68 Å². The molecule has 5 rings (SSSR count). The molecule has 1 fully saturated rings. The van der Waals surface area contributed by atoms with Crippen LogP contribution in [0.3, 0.4) is 0 Å². The van der Waals surface area contributed by atoms with Crippen LogP contribution in [-0.2, 0) is 12.8 Å². The summed E-state index contributed by atoms with van der Waals surface area (Å²) in [5, 5.41) is 8.15. The zero-order chi connectivity index (χ0) is 19.8. The van der Waals surface area contributed by atoms with Crippen molar-refractivity contribution >= 4 is 17.2 Å². The van der Waals surface area contributed by atoms with Gasteiger partial charge in [-0.2, -0.15) is 5.10 Å². The van der Waals surface area contributed by atoms with Crippen LogP contribution in [0.25, 0.3) is 16.1 Å². The number of thiophene rings is 1. The second-order valence-corrected chi connectivity index (χ2v) is 9.33. The van der Waals surface area contributed by atoms with Gasteiger partial charge in [-0.05, 0) is 56.4 Å². The fourth-order valence-corrected chi connectivity index (χ4v) is 5.99. The van der Waals surface area contributed by atoms with E-state index in [1.54, 1.807) is 11.3 Å². The van der Waals surface area contributed by atoms with Crippen molar-refractivity contribution in [2.45, 2.75) is 64.3 Å². The number of aryl methyl sites for hydroxylation is 2. The van der Waals surface area contributed by atoms with E-state index in [1.165, 1.54) is 47.4 Å². The van der Waals surface area contributed by atoms with Crippen molar-refractivity contribution in [1.82, 2.24) is 15.1 Å². The van der Waals surface area contributed by atoms with Gasteiger partial charge >= 0.3 is 0 Å². The highest BCUT2D eigenvalue weighted by Gasteiger charge is 2.28. The molecule has 1 amide bonds. The number of hydrogen-bond acceptors (Lipinski definition) is 3. The van der Waals surface area contributed by atoms with E-state index < -0.39 is 0 Å². The number of benzene rings is 1. The van der Waals surface area contributed by atoms with E-state index >= 15 is 0 Å². The second-order valence-electron chi connectivity index (χ2n) is 8.28. The second kappa shape index (κ2) is 7.79. The summed E-state index contributed by atoms with van der Waals surface area (Å²) >= 11 is 1.64. The maximum atomic E-state index is 12.9. The molecule has 0 atom stereocenters. The van der Waals surface area contributed by atoms with Crippen LogP contribution >= 0.6 is 11.3 Å². The van der Waals surface area contributed by atoms with Gasteiger partial charge in [-0.3, -0.25) is 4.79 Å². The topological polar surface area (TPSA) is 46.9 Å². The van der Waals surface area contributed by atoms with Crippen LogP contribution in [0.4, 0.5) is 0 Å². The van der Waals surface area contributed by atoms with Crippen molar-refractivity contribution in [3.05, 3.63) is 58.2 Å². The molecule has 2 heterocycles. The van der Waals surface area contributed by atoms with Gasteiger partial charge in [0.2, 0.25) is 0 Å². The highest BCUT2D eigenvalue weighted by Crippen LogP contribution is 2.42. The van der Waals surface area contributed by atoms with Crippen LogP contribution in [-0.4, -0.2) is 21.7 Å². The molecular formula is C24H27N3OS. The monoisotopic (exact) mass is 405 g/mol. The minimum Gasteiger partial charge on any atom is -0.349 e. The summed E-state index contributed by atoms with van der Waals surface area (Å²) in [5.41, 5.74) is 5.93. The minimum atomic E-state index is 0.103. The molecule has 4 nitrogen and oxygen atoms in total. The SMILES string of the molecule is Cc1nn(-c2ccccc2)c2c1-c1sc(C(=O)NC3CCCCCC3)cc1CC2.